The lowest BCUT2D eigenvalue weighted by Crippen LogP contribution is -2.49. The van der Waals surface area contributed by atoms with Crippen molar-refractivity contribution >= 4 is 17.5 Å². The fraction of sp³-hybridized carbons (Fsp3) is 0.417. The van der Waals surface area contributed by atoms with E-state index >= 15 is 0 Å². The van der Waals surface area contributed by atoms with Gasteiger partial charge in [-0.2, -0.15) is 0 Å². The van der Waals surface area contributed by atoms with E-state index in [1.165, 1.54) is 5.69 Å². The Bertz CT molecular complexity index is 841. The molecule has 1 fully saturated rings. The van der Waals surface area contributed by atoms with Crippen molar-refractivity contribution in [2.24, 2.45) is 5.92 Å². The van der Waals surface area contributed by atoms with Crippen molar-refractivity contribution < 1.29 is 14.3 Å². The van der Waals surface area contributed by atoms with Gasteiger partial charge in [-0.25, -0.2) is 0 Å². The molecule has 0 aliphatic carbocycles. The smallest absolute Gasteiger partial charge is 0.251 e. The highest BCUT2D eigenvalue weighted by molar-refractivity contribution is 5.97. The number of carbonyl (C=O) groups excluding carboxylic acids is 2. The van der Waals surface area contributed by atoms with Crippen molar-refractivity contribution in [2.75, 3.05) is 31.2 Å². The van der Waals surface area contributed by atoms with Gasteiger partial charge in [-0.05, 0) is 42.7 Å². The molecule has 30 heavy (non-hydrogen) atoms. The second-order valence-corrected chi connectivity index (χ2v) is 8.04. The van der Waals surface area contributed by atoms with E-state index in [-0.39, 0.29) is 17.7 Å². The molecule has 2 N–H and O–H groups in total. The molecule has 0 spiro atoms. The molecule has 1 heterocycles. The molecular formula is C24H31N3O3. The first-order valence-corrected chi connectivity index (χ1v) is 10.5. The topological polar surface area (TPSA) is 70.7 Å². The normalized spacial score (nSPS) is 15.0. The highest BCUT2D eigenvalue weighted by Crippen LogP contribution is 2.16. The zero-order valence-corrected chi connectivity index (χ0v) is 18.0. The molecule has 1 atom stereocenters. The molecule has 0 bridgehead atoms. The van der Waals surface area contributed by atoms with Crippen molar-refractivity contribution in [3.05, 3.63) is 65.2 Å². The van der Waals surface area contributed by atoms with Crippen LogP contribution in [0, 0.1) is 12.8 Å². The number of hydrogen-bond donors (Lipinski definition) is 2. The summed E-state index contributed by atoms with van der Waals surface area (Å²) in [4.78, 5) is 27.6. The van der Waals surface area contributed by atoms with Crippen molar-refractivity contribution in [2.45, 2.75) is 33.4 Å². The van der Waals surface area contributed by atoms with E-state index in [0.717, 1.165) is 37.4 Å². The van der Waals surface area contributed by atoms with Gasteiger partial charge in [-0.3, -0.25) is 9.59 Å². The van der Waals surface area contributed by atoms with Gasteiger partial charge >= 0.3 is 0 Å². The summed E-state index contributed by atoms with van der Waals surface area (Å²) in [6.07, 6.45) is 0. The number of benzene rings is 2. The van der Waals surface area contributed by atoms with Crippen LogP contribution in [0.4, 0.5) is 5.69 Å². The maximum atomic E-state index is 12.7. The molecule has 1 aliphatic heterocycles. The number of carbonyl (C=O) groups is 2. The minimum Gasteiger partial charge on any atom is -0.378 e. The summed E-state index contributed by atoms with van der Waals surface area (Å²) < 4.78 is 5.39. The van der Waals surface area contributed by atoms with Gasteiger partial charge in [0.25, 0.3) is 5.91 Å². The van der Waals surface area contributed by atoms with E-state index in [1.807, 2.05) is 45.0 Å². The van der Waals surface area contributed by atoms with Gasteiger partial charge in [0.05, 0.1) is 13.2 Å². The predicted molar refractivity (Wildman–Crippen MR) is 119 cm³/mol. The molecule has 6 heteroatoms. The van der Waals surface area contributed by atoms with Gasteiger partial charge in [0, 0.05) is 30.9 Å². The predicted octanol–water partition coefficient (Wildman–Crippen LogP) is 2.90. The van der Waals surface area contributed by atoms with Gasteiger partial charge in [0.15, 0.2) is 0 Å². The summed E-state index contributed by atoms with van der Waals surface area (Å²) in [6.45, 7) is 9.55. The number of ether oxygens (including phenoxy) is 1. The van der Waals surface area contributed by atoms with Crippen LogP contribution in [0.15, 0.2) is 48.5 Å². The van der Waals surface area contributed by atoms with Crippen LogP contribution in [0.25, 0.3) is 0 Å². The van der Waals surface area contributed by atoms with Gasteiger partial charge in [0.1, 0.15) is 6.04 Å². The summed E-state index contributed by atoms with van der Waals surface area (Å²) in [5.74, 6) is -0.440. The molecule has 2 amide bonds. The lowest BCUT2D eigenvalue weighted by molar-refractivity contribution is -0.124. The molecule has 1 saturated heterocycles. The van der Waals surface area contributed by atoms with E-state index in [4.69, 9.17) is 4.74 Å². The average Bonchev–Trinajstić information content (AvgIpc) is 2.77. The standard InChI is InChI=1S/C24H31N3O3/c1-17(2)22(26-23(28)20-8-4-18(3)5-9-20)24(29)25-16-19-6-10-21(11-7-19)27-12-14-30-15-13-27/h4-11,17,22H,12-16H2,1-3H3,(H,25,29)(H,26,28). The quantitative estimate of drug-likeness (QED) is 0.738. The highest BCUT2D eigenvalue weighted by Gasteiger charge is 2.24. The fourth-order valence-electron chi connectivity index (χ4n) is 3.41. The molecular weight excluding hydrogens is 378 g/mol. The summed E-state index contributed by atoms with van der Waals surface area (Å²) in [7, 11) is 0. The third-order valence-corrected chi connectivity index (χ3v) is 5.33. The van der Waals surface area contributed by atoms with E-state index in [2.05, 4.69) is 27.7 Å². The molecule has 0 radical (unpaired) electrons. The van der Waals surface area contributed by atoms with Crippen LogP contribution in [0.1, 0.15) is 35.3 Å². The summed E-state index contributed by atoms with van der Waals surface area (Å²) in [5.41, 5.74) is 3.83. The molecule has 0 aromatic heterocycles. The van der Waals surface area contributed by atoms with Crippen LogP contribution in [-0.2, 0) is 16.1 Å². The van der Waals surface area contributed by atoms with E-state index in [9.17, 15) is 9.59 Å². The maximum Gasteiger partial charge on any atom is 0.251 e. The Balaban J connectivity index is 1.55. The van der Waals surface area contributed by atoms with Gasteiger partial charge in [-0.1, -0.05) is 43.7 Å². The highest BCUT2D eigenvalue weighted by atomic mass is 16.5. The van der Waals surface area contributed by atoms with Crippen LogP contribution in [-0.4, -0.2) is 44.2 Å². The monoisotopic (exact) mass is 409 g/mol. The van der Waals surface area contributed by atoms with Gasteiger partial charge in [-0.15, -0.1) is 0 Å². The first-order valence-electron chi connectivity index (χ1n) is 10.5. The maximum absolute atomic E-state index is 12.7. The lowest BCUT2D eigenvalue weighted by Gasteiger charge is -2.29. The number of amides is 2. The Kier molecular flexibility index (Phi) is 7.46. The van der Waals surface area contributed by atoms with Crippen LogP contribution < -0.4 is 15.5 Å². The van der Waals surface area contributed by atoms with Crippen LogP contribution >= 0.6 is 0 Å². The minimum atomic E-state index is -0.591. The Morgan fingerprint density at radius 2 is 1.63 bits per heavy atom. The van der Waals surface area contributed by atoms with Crippen molar-refractivity contribution in [1.29, 1.82) is 0 Å². The first kappa shape index (κ1) is 21.8. The second-order valence-electron chi connectivity index (χ2n) is 8.04. The zero-order valence-electron chi connectivity index (χ0n) is 18.0. The number of nitrogens with one attached hydrogen (secondary N) is 2. The van der Waals surface area contributed by atoms with Crippen molar-refractivity contribution in [3.8, 4) is 0 Å². The van der Waals surface area contributed by atoms with Crippen LogP contribution in [0.3, 0.4) is 0 Å². The van der Waals surface area contributed by atoms with E-state index in [1.54, 1.807) is 12.1 Å². The zero-order chi connectivity index (χ0) is 21.5. The number of anilines is 1. The number of hydrogen-bond acceptors (Lipinski definition) is 4. The average molecular weight is 410 g/mol. The molecule has 1 unspecified atom stereocenters. The summed E-state index contributed by atoms with van der Waals surface area (Å²) in [5, 5.41) is 5.83. The molecule has 2 aromatic carbocycles. The fourth-order valence-corrected chi connectivity index (χ4v) is 3.41. The summed E-state index contributed by atoms with van der Waals surface area (Å²) >= 11 is 0. The Morgan fingerprint density at radius 1 is 1.00 bits per heavy atom. The van der Waals surface area contributed by atoms with E-state index in [0.29, 0.717) is 12.1 Å². The van der Waals surface area contributed by atoms with Gasteiger partial charge < -0.3 is 20.3 Å². The van der Waals surface area contributed by atoms with Crippen LogP contribution in [0.2, 0.25) is 0 Å². The molecule has 3 rings (SSSR count). The molecule has 6 nitrogen and oxygen atoms in total. The van der Waals surface area contributed by atoms with Crippen LogP contribution in [0.5, 0.6) is 0 Å². The second kappa shape index (κ2) is 10.3. The molecule has 160 valence electrons. The van der Waals surface area contributed by atoms with Gasteiger partial charge in [0.2, 0.25) is 5.91 Å². The summed E-state index contributed by atoms with van der Waals surface area (Å²) in [6, 6.07) is 14.9. The number of nitrogens with zero attached hydrogens (tertiary/aromatic N) is 1. The molecule has 0 saturated carbocycles. The number of rotatable bonds is 7. The van der Waals surface area contributed by atoms with E-state index < -0.39 is 6.04 Å². The Labute approximate surface area is 178 Å². The number of aryl methyl sites for hydroxylation is 1. The minimum absolute atomic E-state index is 0.0249. The van der Waals surface area contributed by atoms with Crippen molar-refractivity contribution in [3.63, 3.8) is 0 Å². The Hall–Kier alpha value is -2.86. The Morgan fingerprint density at radius 3 is 2.23 bits per heavy atom. The molecule has 1 aliphatic rings. The first-order chi connectivity index (χ1) is 14.4. The third-order valence-electron chi connectivity index (χ3n) is 5.33. The number of morpholine rings is 1. The van der Waals surface area contributed by atoms with Crippen molar-refractivity contribution in [1.82, 2.24) is 10.6 Å². The largest absolute Gasteiger partial charge is 0.378 e. The lowest BCUT2D eigenvalue weighted by atomic mass is 10.0. The molecule has 2 aromatic rings. The SMILES string of the molecule is Cc1ccc(C(=O)NC(C(=O)NCc2ccc(N3CCOCC3)cc2)C(C)C)cc1. The third kappa shape index (κ3) is 5.83.